The molecule has 0 aliphatic rings. The Balaban J connectivity index is 2.31. The van der Waals surface area contributed by atoms with Crippen LogP contribution in [0.5, 0.6) is 0 Å². The number of rotatable bonds is 8. The minimum atomic E-state index is 0.733. The predicted octanol–water partition coefficient (Wildman–Crippen LogP) is 2.93. The quantitative estimate of drug-likeness (QED) is 0.712. The van der Waals surface area contributed by atoms with Gasteiger partial charge in [-0.2, -0.15) is 0 Å². The molecule has 2 heteroatoms. The Morgan fingerprint density at radius 1 is 1.11 bits per heavy atom. The van der Waals surface area contributed by atoms with Crippen LogP contribution < -0.4 is 5.32 Å². The molecular formula is C16H28N2. The molecule has 0 saturated carbocycles. The Kier molecular flexibility index (Phi) is 6.99. The molecule has 0 aliphatic carbocycles. The van der Waals surface area contributed by atoms with Crippen molar-refractivity contribution < 1.29 is 0 Å². The third-order valence-electron chi connectivity index (χ3n) is 3.16. The first-order chi connectivity index (χ1) is 8.61. The second kappa shape index (κ2) is 8.28. The van der Waals surface area contributed by atoms with Crippen molar-refractivity contribution >= 4 is 0 Å². The van der Waals surface area contributed by atoms with E-state index in [9.17, 15) is 0 Å². The molecule has 102 valence electrons. The molecule has 1 rings (SSSR count). The lowest BCUT2D eigenvalue weighted by atomic mass is 10.1. The fourth-order valence-corrected chi connectivity index (χ4v) is 1.86. The first-order valence-corrected chi connectivity index (χ1v) is 7.09. The largest absolute Gasteiger partial charge is 0.316 e. The van der Waals surface area contributed by atoms with Gasteiger partial charge in [-0.1, -0.05) is 45.0 Å². The Morgan fingerprint density at radius 3 is 2.28 bits per heavy atom. The zero-order valence-corrected chi connectivity index (χ0v) is 12.4. The molecule has 0 spiro atoms. The van der Waals surface area contributed by atoms with Crippen LogP contribution in [0.1, 0.15) is 31.9 Å². The van der Waals surface area contributed by atoms with Gasteiger partial charge in [0, 0.05) is 6.54 Å². The number of hydrogen-bond donors (Lipinski definition) is 1. The van der Waals surface area contributed by atoms with Crippen LogP contribution in [0.15, 0.2) is 24.3 Å². The number of nitrogens with one attached hydrogen (secondary N) is 1. The molecule has 2 nitrogen and oxygen atoms in total. The summed E-state index contributed by atoms with van der Waals surface area (Å²) in [4.78, 5) is 2.32. The van der Waals surface area contributed by atoms with Gasteiger partial charge in [-0.25, -0.2) is 0 Å². The fraction of sp³-hybridized carbons (Fsp3) is 0.625. The average molecular weight is 248 g/mol. The molecule has 1 N–H and O–H groups in total. The summed E-state index contributed by atoms with van der Waals surface area (Å²) in [6, 6.07) is 9.03. The van der Waals surface area contributed by atoms with Crippen LogP contribution in [0, 0.1) is 5.92 Å². The maximum Gasteiger partial charge on any atom is 0.0230 e. The van der Waals surface area contributed by atoms with Gasteiger partial charge in [0.05, 0.1) is 0 Å². The van der Waals surface area contributed by atoms with E-state index < -0.39 is 0 Å². The normalized spacial score (nSPS) is 11.4. The van der Waals surface area contributed by atoms with Crippen molar-refractivity contribution in [2.24, 2.45) is 5.92 Å². The summed E-state index contributed by atoms with van der Waals surface area (Å²) in [5.41, 5.74) is 2.83. The molecule has 0 atom stereocenters. The fourth-order valence-electron chi connectivity index (χ4n) is 1.86. The molecule has 0 heterocycles. The molecule has 0 aliphatic heterocycles. The van der Waals surface area contributed by atoms with E-state index in [1.54, 1.807) is 0 Å². The summed E-state index contributed by atoms with van der Waals surface area (Å²) in [5, 5.41) is 3.48. The Hall–Kier alpha value is -0.860. The molecule has 1 aromatic carbocycles. The SMILES string of the molecule is CCN(C)Cc1ccc(CCNCC(C)C)cc1. The molecule has 0 radical (unpaired) electrons. The highest BCUT2D eigenvalue weighted by Crippen LogP contribution is 2.07. The highest BCUT2D eigenvalue weighted by atomic mass is 15.1. The minimum absolute atomic E-state index is 0.733. The van der Waals surface area contributed by atoms with Crippen molar-refractivity contribution in [1.82, 2.24) is 10.2 Å². The van der Waals surface area contributed by atoms with Crippen LogP contribution in [-0.2, 0) is 13.0 Å². The zero-order valence-electron chi connectivity index (χ0n) is 12.4. The summed E-state index contributed by atoms with van der Waals surface area (Å²) in [5.74, 6) is 0.733. The van der Waals surface area contributed by atoms with Gasteiger partial charge in [0.25, 0.3) is 0 Å². The maximum absolute atomic E-state index is 3.48. The summed E-state index contributed by atoms with van der Waals surface area (Å²) in [6.07, 6.45) is 1.12. The van der Waals surface area contributed by atoms with Gasteiger partial charge in [0.15, 0.2) is 0 Å². The van der Waals surface area contributed by atoms with Gasteiger partial charge < -0.3 is 10.2 Å². The van der Waals surface area contributed by atoms with E-state index >= 15 is 0 Å². The lowest BCUT2D eigenvalue weighted by Gasteiger charge is -2.14. The van der Waals surface area contributed by atoms with E-state index in [0.29, 0.717) is 0 Å². The van der Waals surface area contributed by atoms with Crippen molar-refractivity contribution in [3.05, 3.63) is 35.4 Å². The molecule has 18 heavy (non-hydrogen) atoms. The van der Waals surface area contributed by atoms with Crippen LogP contribution in [0.2, 0.25) is 0 Å². The lowest BCUT2D eigenvalue weighted by Crippen LogP contribution is -2.22. The van der Waals surface area contributed by atoms with Crippen LogP contribution in [0.4, 0.5) is 0 Å². The van der Waals surface area contributed by atoms with Gasteiger partial charge in [-0.05, 0) is 50.1 Å². The van der Waals surface area contributed by atoms with Crippen LogP contribution in [0.3, 0.4) is 0 Å². The standard InChI is InChI=1S/C16H28N2/c1-5-18(4)13-16-8-6-15(7-9-16)10-11-17-12-14(2)3/h6-9,14,17H,5,10-13H2,1-4H3. The second-order valence-corrected chi connectivity index (χ2v) is 5.49. The number of benzene rings is 1. The van der Waals surface area contributed by atoms with E-state index in [-0.39, 0.29) is 0 Å². The molecule has 0 bridgehead atoms. The molecular weight excluding hydrogens is 220 g/mol. The minimum Gasteiger partial charge on any atom is -0.316 e. The second-order valence-electron chi connectivity index (χ2n) is 5.49. The van der Waals surface area contributed by atoms with Crippen molar-refractivity contribution in [3.63, 3.8) is 0 Å². The zero-order chi connectivity index (χ0) is 13.4. The molecule has 0 fully saturated rings. The summed E-state index contributed by atoms with van der Waals surface area (Å²) >= 11 is 0. The van der Waals surface area contributed by atoms with Crippen molar-refractivity contribution in [2.45, 2.75) is 33.7 Å². The molecule has 0 aromatic heterocycles. The average Bonchev–Trinajstić information content (AvgIpc) is 2.36. The summed E-state index contributed by atoms with van der Waals surface area (Å²) in [7, 11) is 2.16. The topological polar surface area (TPSA) is 15.3 Å². The molecule has 0 amide bonds. The van der Waals surface area contributed by atoms with E-state index in [4.69, 9.17) is 0 Å². The Morgan fingerprint density at radius 2 is 1.72 bits per heavy atom. The maximum atomic E-state index is 3.48. The van der Waals surface area contributed by atoms with Crippen LogP contribution >= 0.6 is 0 Å². The first kappa shape index (κ1) is 15.2. The van der Waals surface area contributed by atoms with Crippen LogP contribution in [0.25, 0.3) is 0 Å². The molecule has 0 unspecified atom stereocenters. The van der Waals surface area contributed by atoms with Gasteiger partial charge in [0.2, 0.25) is 0 Å². The van der Waals surface area contributed by atoms with Crippen molar-refractivity contribution in [3.8, 4) is 0 Å². The smallest absolute Gasteiger partial charge is 0.0230 e. The Bertz CT molecular complexity index is 316. The lowest BCUT2D eigenvalue weighted by molar-refractivity contribution is 0.346. The van der Waals surface area contributed by atoms with E-state index in [0.717, 1.165) is 38.5 Å². The monoisotopic (exact) mass is 248 g/mol. The predicted molar refractivity (Wildman–Crippen MR) is 79.9 cm³/mol. The van der Waals surface area contributed by atoms with Crippen LogP contribution in [-0.4, -0.2) is 31.6 Å². The Labute approximate surface area is 112 Å². The summed E-state index contributed by atoms with van der Waals surface area (Å²) < 4.78 is 0. The first-order valence-electron chi connectivity index (χ1n) is 7.09. The van der Waals surface area contributed by atoms with Crippen molar-refractivity contribution in [2.75, 3.05) is 26.7 Å². The summed E-state index contributed by atoms with van der Waals surface area (Å²) in [6.45, 7) is 11.0. The third-order valence-corrected chi connectivity index (χ3v) is 3.16. The third kappa shape index (κ3) is 6.18. The molecule has 1 aromatic rings. The molecule has 0 saturated heterocycles. The number of nitrogens with zero attached hydrogens (tertiary/aromatic N) is 1. The van der Waals surface area contributed by atoms with Gasteiger partial charge >= 0.3 is 0 Å². The van der Waals surface area contributed by atoms with E-state index in [1.807, 2.05) is 0 Å². The van der Waals surface area contributed by atoms with Gasteiger partial charge in [-0.3, -0.25) is 0 Å². The highest BCUT2D eigenvalue weighted by Gasteiger charge is 1.99. The number of hydrogen-bond acceptors (Lipinski definition) is 2. The van der Waals surface area contributed by atoms with Gasteiger partial charge in [0.1, 0.15) is 0 Å². The highest BCUT2D eigenvalue weighted by molar-refractivity contribution is 5.22. The van der Waals surface area contributed by atoms with E-state index in [2.05, 4.69) is 62.3 Å². The van der Waals surface area contributed by atoms with Crippen molar-refractivity contribution in [1.29, 1.82) is 0 Å². The van der Waals surface area contributed by atoms with E-state index in [1.165, 1.54) is 11.1 Å². The van der Waals surface area contributed by atoms with Gasteiger partial charge in [-0.15, -0.1) is 0 Å².